The summed E-state index contributed by atoms with van der Waals surface area (Å²) in [6.45, 7) is 26.3. The van der Waals surface area contributed by atoms with Crippen molar-refractivity contribution in [3.8, 4) is 11.1 Å². The van der Waals surface area contributed by atoms with E-state index in [4.69, 9.17) is 0 Å². The molecule has 3 aromatic rings. The van der Waals surface area contributed by atoms with E-state index in [1.807, 2.05) is 0 Å². The molecule has 0 radical (unpaired) electrons. The number of hydrogen-bond acceptors (Lipinski definition) is 0. The molecule has 0 saturated heterocycles. The third-order valence-electron chi connectivity index (χ3n) is 11.2. The van der Waals surface area contributed by atoms with Gasteiger partial charge in [-0.3, -0.25) is 0 Å². The van der Waals surface area contributed by atoms with E-state index in [1.165, 1.54) is 55.7 Å². The Morgan fingerprint density at radius 3 is 1.66 bits per heavy atom. The molecule has 0 spiro atoms. The molecule has 3 heteroatoms. The smallest absolute Gasteiger partial charge is 1.00 e. The van der Waals surface area contributed by atoms with Crippen LogP contribution >= 0.6 is 0 Å². The largest absolute Gasteiger partial charge is 1.00 e. The summed E-state index contributed by atoms with van der Waals surface area (Å²) < 4.78 is 3.99. The minimum Gasteiger partial charge on any atom is -1.00 e. The van der Waals surface area contributed by atoms with Crippen molar-refractivity contribution >= 4 is 14.4 Å². The maximum Gasteiger partial charge on any atom is -1.00 e. The molecular weight excluding hydrogens is 691 g/mol. The molecule has 0 heterocycles. The van der Waals surface area contributed by atoms with Gasteiger partial charge in [0.25, 0.3) is 0 Å². The fourth-order valence-electron chi connectivity index (χ4n) is 8.97. The fraction of sp³-hybridized carbons (Fsp3) is 0.386. The van der Waals surface area contributed by atoms with Gasteiger partial charge in [-0.25, -0.2) is 0 Å². The number of fused-ring (bicyclic) bond motifs is 5. The zero-order chi connectivity index (χ0) is 32.2. The Morgan fingerprint density at radius 2 is 1.23 bits per heavy atom. The minimum absolute atomic E-state index is 0. The molecule has 0 nitrogen and oxygen atoms in total. The van der Waals surface area contributed by atoms with E-state index in [0.29, 0.717) is 9.54 Å². The maximum atomic E-state index is 2.68. The van der Waals surface area contributed by atoms with Crippen LogP contribution in [-0.4, -0.2) is 3.21 Å². The number of rotatable bonds is 4. The molecular formula is C44H50Cl2Zr. The number of benzene rings is 3. The summed E-state index contributed by atoms with van der Waals surface area (Å²) >= 11 is -2.67. The van der Waals surface area contributed by atoms with Gasteiger partial charge in [-0.15, -0.1) is 0 Å². The van der Waals surface area contributed by atoms with Crippen molar-refractivity contribution < 1.29 is 46.1 Å². The van der Waals surface area contributed by atoms with Gasteiger partial charge in [-0.05, 0) is 0 Å². The van der Waals surface area contributed by atoms with E-state index in [0.717, 1.165) is 6.42 Å². The van der Waals surface area contributed by atoms with Crippen LogP contribution in [0.5, 0.6) is 0 Å². The van der Waals surface area contributed by atoms with Crippen molar-refractivity contribution in [3.63, 3.8) is 0 Å². The molecule has 0 amide bonds. The summed E-state index contributed by atoms with van der Waals surface area (Å²) in [6, 6.07) is 22.0. The zero-order valence-electron chi connectivity index (χ0n) is 30.1. The first-order valence-corrected chi connectivity index (χ1v) is 21.0. The van der Waals surface area contributed by atoms with E-state index in [9.17, 15) is 0 Å². The summed E-state index contributed by atoms with van der Waals surface area (Å²) in [5, 5.41) is 0. The molecule has 47 heavy (non-hydrogen) atoms. The van der Waals surface area contributed by atoms with Crippen LogP contribution in [0, 0.1) is 11.3 Å². The van der Waals surface area contributed by atoms with Crippen LogP contribution in [0.25, 0.3) is 22.3 Å². The summed E-state index contributed by atoms with van der Waals surface area (Å²) in [4.78, 5) is 0. The standard InChI is InChI=1S/C25H25.C10H15.C9H10.2ClH.Zr/c1-14-12-24(3,4)22-8-16-7-17-9-23-19(15(2)13-25(23,5)6)11-21(17)20(16)10-18(14)22;1-8-5-6-9(7-8)10(2,3)4;1-2-6-9-7-4-3-5-8-9;;;/h7-13H,1-6H3;6-8H,1-4H3;3-5,7-8H,2H2,1H3;2*1H;/q;;;;;+2/p-2. The normalized spacial score (nSPS) is 20.1. The summed E-state index contributed by atoms with van der Waals surface area (Å²) in [5.74, 6) is 0.482. The zero-order valence-corrected chi connectivity index (χ0v) is 34.1. The van der Waals surface area contributed by atoms with Crippen LogP contribution in [0.2, 0.25) is 0 Å². The molecule has 3 aromatic carbocycles. The van der Waals surface area contributed by atoms with Crippen molar-refractivity contribution in [2.75, 3.05) is 0 Å². The molecule has 0 bridgehead atoms. The molecule has 4 aliphatic rings. The van der Waals surface area contributed by atoms with E-state index in [2.05, 4.69) is 155 Å². The minimum atomic E-state index is -2.67. The Hall–Kier alpha value is -2.05. The number of allylic oxidation sites excluding steroid dienone is 8. The Morgan fingerprint density at radius 1 is 0.745 bits per heavy atom. The Kier molecular flexibility index (Phi) is 9.54. The average molecular weight is 741 g/mol. The molecule has 0 saturated carbocycles. The van der Waals surface area contributed by atoms with Gasteiger partial charge in [0, 0.05) is 0 Å². The summed E-state index contributed by atoms with van der Waals surface area (Å²) in [5.41, 5.74) is 18.3. The number of hydrogen-bond donors (Lipinski definition) is 0. The second-order valence-corrected chi connectivity index (χ2v) is 22.7. The van der Waals surface area contributed by atoms with Crippen molar-refractivity contribution in [1.82, 2.24) is 0 Å². The van der Waals surface area contributed by atoms with E-state index in [-0.39, 0.29) is 41.1 Å². The van der Waals surface area contributed by atoms with Crippen LogP contribution in [0.15, 0.2) is 87.8 Å². The first-order chi connectivity index (χ1) is 21.1. The Labute approximate surface area is 304 Å². The van der Waals surface area contributed by atoms with Gasteiger partial charge >= 0.3 is 282 Å². The molecule has 7 rings (SSSR count). The van der Waals surface area contributed by atoms with Gasteiger partial charge in [-0.2, -0.15) is 0 Å². The summed E-state index contributed by atoms with van der Waals surface area (Å²) in [7, 11) is 0. The Bertz CT molecular complexity index is 1850. The molecule has 1 atom stereocenters. The maximum absolute atomic E-state index is 2.68. The van der Waals surface area contributed by atoms with Gasteiger partial charge in [0.05, 0.1) is 0 Å². The van der Waals surface area contributed by atoms with Crippen LogP contribution in [-0.2, 0) is 32.1 Å². The predicted molar refractivity (Wildman–Crippen MR) is 193 cm³/mol. The van der Waals surface area contributed by atoms with Crippen molar-refractivity contribution in [2.45, 2.75) is 97.0 Å². The Balaban J connectivity index is 0.00000217. The third-order valence-corrected chi connectivity index (χ3v) is 20.3. The monoisotopic (exact) mass is 738 g/mol. The molecule has 4 aliphatic carbocycles. The van der Waals surface area contributed by atoms with Crippen molar-refractivity contribution in [1.29, 1.82) is 0 Å². The topological polar surface area (TPSA) is 0 Å². The fourth-order valence-corrected chi connectivity index (χ4v) is 18.5. The van der Waals surface area contributed by atoms with E-state index >= 15 is 0 Å². The van der Waals surface area contributed by atoms with Gasteiger partial charge in [0.2, 0.25) is 0 Å². The molecule has 0 N–H and O–H groups in total. The van der Waals surface area contributed by atoms with Crippen molar-refractivity contribution in [2.24, 2.45) is 11.3 Å². The second kappa shape index (κ2) is 12.4. The van der Waals surface area contributed by atoms with Crippen LogP contribution in [0.3, 0.4) is 0 Å². The van der Waals surface area contributed by atoms with Gasteiger partial charge in [0.1, 0.15) is 0 Å². The first kappa shape index (κ1) is 36.2. The van der Waals surface area contributed by atoms with Gasteiger partial charge < -0.3 is 24.8 Å². The molecule has 0 fully saturated rings. The molecule has 0 aromatic heterocycles. The number of halogens is 2. The van der Waals surface area contributed by atoms with Crippen LogP contribution in [0.1, 0.15) is 125 Å². The van der Waals surface area contributed by atoms with E-state index < -0.39 is 21.3 Å². The van der Waals surface area contributed by atoms with Crippen molar-refractivity contribution in [3.05, 3.63) is 127 Å². The SMILES string of the molecule is CC/[C](c1ccccc1)=[Zr+2](/[C]1=CC(C(C)(C)C)=CC1C)[CH]1c2cc3c(cc2-c2cc4c(cc21)C(C)(C)C=C4C)C(C)=CC3(C)C.[Cl-].[Cl-]. The van der Waals surface area contributed by atoms with Crippen LogP contribution in [0.4, 0.5) is 0 Å². The van der Waals surface area contributed by atoms with Gasteiger partial charge in [-0.1, -0.05) is 0 Å². The quantitative estimate of drug-likeness (QED) is 0.313. The van der Waals surface area contributed by atoms with Crippen LogP contribution < -0.4 is 24.8 Å². The predicted octanol–water partition coefficient (Wildman–Crippen LogP) is 5.91. The summed E-state index contributed by atoms with van der Waals surface area (Å²) in [6.07, 6.45) is 11.4. The first-order valence-electron chi connectivity index (χ1n) is 17.1. The van der Waals surface area contributed by atoms with Gasteiger partial charge in [0.15, 0.2) is 0 Å². The third kappa shape index (κ3) is 5.75. The molecule has 0 aliphatic heterocycles. The average Bonchev–Trinajstić information content (AvgIpc) is 3.64. The molecule has 244 valence electrons. The van der Waals surface area contributed by atoms with E-state index in [1.54, 1.807) is 17.6 Å². The molecule has 1 unspecified atom stereocenters. The second-order valence-electron chi connectivity index (χ2n) is 16.4.